The fourth-order valence-corrected chi connectivity index (χ4v) is 4.45. The fraction of sp³-hybridized carbons (Fsp3) is 0.222. The average Bonchev–Trinajstić information content (AvgIpc) is 2.97. The van der Waals surface area contributed by atoms with Crippen LogP contribution in [0.3, 0.4) is 0 Å². The molecule has 1 nitrogen and oxygen atoms in total. The maximum Gasteiger partial charge on any atom is 0.129 e. The Bertz CT molecular complexity index is 753. The van der Waals surface area contributed by atoms with Crippen LogP contribution in [0, 0.1) is 15.3 Å². The van der Waals surface area contributed by atoms with Crippen LogP contribution in [0.5, 0.6) is 0 Å². The molecule has 0 spiro atoms. The first-order valence-electron chi connectivity index (χ1n) is 7.31. The molecule has 0 aromatic heterocycles. The molecule has 1 heterocycles. The third kappa shape index (κ3) is 2.26. The van der Waals surface area contributed by atoms with Gasteiger partial charge in [0.15, 0.2) is 0 Å². The van der Waals surface area contributed by atoms with E-state index in [4.69, 9.17) is 11.6 Å². The average molecular weight is 426 g/mol. The van der Waals surface area contributed by atoms with Gasteiger partial charge in [-0.1, -0.05) is 29.8 Å². The molecule has 0 radical (unpaired) electrons. The van der Waals surface area contributed by atoms with Gasteiger partial charge >= 0.3 is 0 Å². The predicted molar refractivity (Wildman–Crippen MR) is 96.9 cm³/mol. The zero-order chi connectivity index (χ0) is 15.3. The van der Waals surface area contributed by atoms with Gasteiger partial charge in [0.25, 0.3) is 0 Å². The van der Waals surface area contributed by atoms with E-state index >= 15 is 0 Å². The Kier molecular flexibility index (Phi) is 3.65. The Morgan fingerprint density at radius 3 is 2.91 bits per heavy atom. The van der Waals surface area contributed by atoms with Crippen LogP contribution in [0.15, 0.2) is 48.6 Å². The molecule has 1 aliphatic carbocycles. The fourth-order valence-electron chi connectivity index (χ4n) is 3.66. The molecular weight excluding hydrogens is 412 g/mol. The third-order valence-electron chi connectivity index (χ3n) is 4.64. The first-order valence-corrected chi connectivity index (χ1v) is 8.77. The van der Waals surface area contributed by atoms with E-state index in [1.165, 1.54) is 15.2 Å². The highest BCUT2D eigenvalue weighted by Gasteiger charge is 2.39. The van der Waals surface area contributed by atoms with Gasteiger partial charge in [-0.25, -0.2) is 4.39 Å². The van der Waals surface area contributed by atoms with Crippen molar-refractivity contribution in [2.24, 2.45) is 5.92 Å². The second-order valence-electron chi connectivity index (χ2n) is 5.84. The summed E-state index contributed by atoms with van der Waals surface area (Å²) in [4.78, 5) is 0. The van der Waals surface area contributed by atoms with Crippen LogP contribution in [0.25, 0.3) is 0 Å². The first kappa shape index (κ1) is 14.5. The van der Waals surface area contributed by atoms with Gasteiger partial charge in [-0.2, -0.15) is 0 Å². The zero-order valence-electron chi connectivity index (χ0n) is 11.7. The summed E-state index contributed by atoms with van der Waals surface area (Å²) in [7, 11) is 0. The number of allylic oxidation sites excluding steroid dienone is 2. The molecule has 0 fully saturated rings. The van der Waals surface area contributed by atoms with Crippen molar-refractivity contribution < 1.29 is 4.39 Å². The minimum absolute atomic E-state index is 0.0961. The van der Waals surface area contributed by atoms with Gasteiger partial charge < -0.3 is 5.32 Å². The van der Waals surface area contributed by atoms with Crippen LogP contribution in [0.1, 0.15) is 29.5 Å². The van der Waals surface area contributed by atoms with Gasteiger partial charge in [-0.05, 0) is 70.8 Å². The van der Waals surface area contributed by atoms with Crippen LogP contribution < -0.4 is 5.32 Å². The van der Waals surface area contributed by atoms with Gasteiger partial charge in [0.2, 0.25) is 0 Å². The molecule has 1 aliphatic heterocycles. The van der Waals surface area contributed by atoms with Crippen molar-refractivity contribution in [2.45, 2.75) is 18.4 Å². The number of anilines is 1. The van der Waals surface area contributed by atoms with Crippen molar-refractivity contribution in [2.75, 3.05) is 5.32 Å². The van der Waals surface area contributed by atoms with E-state index in [9.17, 15) is 4.39 Å². The standard InChI is InChI=1S/C18H14ClFIN/c19-14-5-2-6-15(20)17(14)18-12-4-1-3-11(12)13-9-10(21)7-8-16(13)22-18/h1-3,5-9,11-12,18,22H,4H2/t11-,12+,18-/m1/s1. The normalized spacial score (nSPS) is 25.5. The largest absolute Gasteiger partial charge is 0.378 e. The Morgan fingerprint density at radius 1 is 1.23 bits per heavy atom. The van der Waals surface area contributed by atoms with E-state index in [1.54, 1.807) is 12.1 Å². The number of benzene rings is 2. The highest BCUT2D eigenvalue weighted by Crippen LogP contribution is 2.51. The molecule has 0 amide bonds. The quantitative estimate of drug-likeness (QED) is 0.442. The predicted octanol–water partition coefficient (Wildman–Crippen LogP) is 5.91. The summed E-state index contributed by atoms with van der Waals surface area (Å²) in [6, 6.07) is 11.2. The molecule has 2 aromatic carbocycles. The van der Waals surface area contributed by atoms with E-state index in [-0.39, 0.29) is 11.9 Å². The molecule has 1 N–H and O–H groups in total. The molecule has 4 heteroatoms. The summed E-state index contributed by atoms with van der Waals surface area (Å²) in [6.07, 6.45) is 5.40. The summed E-state index contributed by atoms with van der Waals surface area (Å²) in [6.45, 7) is 0. The van der Waals surface area contributed by atoms with E-state index in [1.807, 2.05) is 0 Å². The summed E-state index contributed by atoms with van der Waals surface area (Å²) in [5, 5.41) is 4.02. The van der Waals surface area contributed by atoms with Crippen LogP contribution >= 0.6 is 34.2 Å². The minimum atomic E-state index is -0.232. The SMILES string of the molecule is Fc1cccc(Cl)c1[C@@H]1Nc2ccc(I)cc2[C@@H]2C=CC[C@@H]21. The summed E-state index contributed by atoms with van der Waals surface area (Å²) >= 11 is 8.64. The van der Waals surface area contributed by atoms with E-state index in [0.29, 0.717) is 22.4 Å². The number of hydrogen-bond donors (Lipinski definition) is 1. The molecule has 112 valence electrons. The lowest BCUT2D eigenvalue weighted by Gasteiger charge is -2.38. The monoisotopic (exact) mass is 425 g/mol. The molecule has 0 unspecified atom stereocenters. The lowest BCUT2D eigenvalue weighted by atomic mass is 9.77. The molecule has 3 atom stereocenters. The van der Waals surface area contributed by atoms with E-state index < -0.39 is 0 Å². The Morgan fingerprint density at radius 2 is 2.09 bits per heavy atom. The summed E-state index contributed by atoms with van der Waals surface area (Å²) in [5.41, 5.74) is 2.97. The van der Waals surface area contributed by atoms with Gasteiger partial charge in [0.1, 0.15) is 5.82 Å². The molecule has 0 saturated carbocycles. The van der Waals surface area contributed by atoms with Crippen molar-refractivity contribution in [3.63, 3.8) is 0 Å². The molecule has 22 heavy (non-hydrogen) atoms. The number of hydrogen-bond acceptors (Lipinski definition) is 1. The lowest BCUT2D eigenvalue weighted by Crippen LogP contribution is -2.30. The van der Waals surface area contributed by atoms with Crippen molar-refractivity contribution in [1.29, 1.82) is 0 Å². The van der Waals surface area contributed by atoms with Gasteiger partial charge in [-0.3, -0.25) is 0 Å². The Labute approximate surface area is 147 Å². The lowest BCUT2D eigenvalue weighted by molar-refractivity contribution is 0.413. The molecule has 2 aliphatic rings. The maximum absolute atomic E-state index is 14.4. The molecule has 2 aromatic rings. The minimum Gasteiger partial charge on any atom is -0.378 e. The van der Waals surface area contributed by atoms with Crippen molar-refractivity contribution in [1.82, 2.24) is 0 Å². The third-order valence-corrected chi connectivity index (χ3v) is 5.64. The first-order chi connectivity index (χ1) is 10.6. The maximum atomic E-state index is 14.4. The zero-order valence-corrected chi connectivity index (χ0v) is 14.6. The molecule has 4 rings (SSSR count). The molecular formula is C18H14ClFIN. The van der Waals surface area contributed by atoms with Gasteiger partial charge in [-0.15, -0.1) is 0 Å². The van der Waals surface area contributed by atoms with Crippen LogP contribution in [-0.2, 0) is 0 Å². The van der Waals surface area contributed by atoms with Crippen molar-refractivity contribution >= 4 is 39.9 Å². The smallest absolute Gasteiger partial charge is 0.129 e. The number of nitrogens with one attached hydrogen (secondary N) is 1. The number of rotatable bonds is 1. The second kappa shape index (κ2) is 5.53. The summed E-state index contributed by atoms with van der Waals surface area (Å²) < 4.78 is 15.6. The Hall–Kier alpha value is -1.07. The highest BCUT2D eigenvalue weighted by molar-refractivity contribution is 14.1. The Balaban J connectivity index is 1.85. The number of fused-ring (bicyclic) bond motifs is 3. The topological polar surface area (TPSA) is 12.0 Å². The van der Waals surface area contributed by atoms with Crippen molar-refractivity contribution in [3.05, 3.63) is 74.1 Å². The van der Waals surface area contributed by atoms with Crippen LogP contribution in [0.4, 0.5) is 10.1 Å². The van der Waals surface area contributed by atoms with E-state index in [2.05, 4.69) is 58.3 Å². The summed E-state index contributed by atoms with van der Waals surface area (Å²) in [5.74, 6) is 0.399. The highest BCUT2D eigenvalue weighted by atomic mass is 127. The second-order valence-corrected chi connectivity index (χ2v) is 7.50. The van der Waals surface area contributed by atoms with E-state index in [0.717, 1.165) is 12.1 Å². The van der Waals surface area contributed by atoms with Crippen LogP contribution in [-0.4, -0.2) is 0 Å². The van der Waals surface area contributed by atoms with Gasteiger partial charge in [0.05, 0.1) is 6.04 Å². The molecule has 0 saturated heterocycles. The van der Waals surface area contributed by atoms with Crippen molar-refractivity contribution in [3.8, 4) is 0 Å². The van der Waals surface area contributed by atoms with Crippen LogP contribution in [0.2, 0.25) is 5.02 Å². The number of halogens is 3. The molecule has 0 bridgehead atoms. The van der Waals surface area contributed by atoms with Gasteiger partial charge in [0, 0.05) is 25.8 Å².